The van der Waals surface area contributed by atoms with Crippen LogP contribution >= 0.6 is 22.9 Å². The van der Waals surface area contributed by atoms with E-state index in [1.807, 2.05) is 0 Å². The van der Waals surface area contributed by atoms with Crippen LogP contribution in [0.3, 0.4) is 0 Å². The number of aromatic nitrogens is 2. The van der Waals surface area contributed by atoms with E-state index < -0.39 is 0 Å². The fourth-order valence-electron chi connectivity index (χ4n) is 3.01. The second-order valence-corrected chi connectivity index (χ2v) is 7.82. The number of thiophene rings is 1. The lowest BCUT2D eigenvalue weighted by atomic mass is 9.75. The summed E-state index contributed by atoms with van der Waals surface area (Å²) < 4.78 is 0. The molecule has 0 aromatic carbocycles. The van der Waals surface area contributed by atoms with E-state index in [1.54, 1.807) is 11.3 Å². The van der Waals surface area contributed by atoms with Crippen molar-refractivity contribution in [2.45, 2.75) is 33.6 Å². The van der Waals surface area contributed by atoms with Gasteiger partial charge in [0.05, 0.1) is 5.39 Å². The van der Waals surface area contributed by atoms with Gasteiger partial charge in [0.2, 0.25) is 5.28 Å². The zero-order valence-corrected chi connectivity index (χ0v) is 13.8. The summed E-state index contributed by atoms with van der Waals surface area (Å²) in [7, 11) is 0. The number of fused-ring (bicyclic) bond motifs is 1. The van der Waals surface area contributed by atoms with E-state index in [1.165, 1.54) is 12.8 Å². The fourth-order valence-corrected chi connectivity index (χ4v) is 3.99. The van der Waals surface area contributed by atoms with E-state index in [0.29, 0.717) is 10.7 Å². The minimum atomic E-state index is 0.355. The van der Waals surface area contributed by atoms with Gasteiger partial charge in [0.25, 0.3) is 0 Å². The first kappa shape index (κ1) is 14.1. The highest BCUT2D eigenvalue weighted by Gasteiger charge is 2.29. The molecule has 0 saturated carbocycles. The molecule has 0 atom stereocenters. The Morgan fingerprint density at radius 2 is 1.95 bits per heavy atom. The summed E-state index contributed by atoms with van der Waals surface area (Å²) in [5, 5.41) is 3.54. The van der Waals surface area contributed by atoms with Gasteiger partial charge in [-0.25, -0.2) is 4.98 Å². The maximum absolute atomic E-state index is 6.06. The fraction of sp³-hybridized carbons (Fsp3) is 0.600. The third-order valence-electron chi connectivity index (χ3n) is 4.30. The second kappa shape index (κ2) is 5.15. The van der Waals surface area contributed by atoms with Crippen molar-refractivity contribution < 1.29 is 0 Å². The van der Waals surface area contributed by atoms with E-state index in [4.69, 9.17) is 11.6 Å². The zero-order valence-electron chi connectivity index (χ0n) is 12.2. The van der Waals surface area contributed by atoms with Gasteiger partial charge in [-0.2, -0.15) is 4.98 Å². The van der Waals surface area contributed by atoms with Gasteiger partial charge in [0.1, 0.15) is 10.6 Å². The van der Waals surface area contributed by atoms with Crippen molar-refractivity contribution in [3.8, 4) is 0 Å². The molecule has 0 unspecified atom stereocenters. The van der Waals surface area contributed by atoms with Gasteiger partial charge in [-0.15, -0.1) is 11.3 Å². The first-order chi connectivity index (χ1) is 9.45. The van der Waals surface area contributed by atoms with Gasteiger partial charge in [0.15, 0.2) is 0 Å². The molecular weight excluding hydrogens is 290 g/mol. The summed E-state index contributed by atoms with van der Waals surface area (Å²) in [5.41, 5.74) is 0.396. The number of halogens is 1. The lowest BCUT2D eigenvalue weighted by Crippen LogP contribution is -2.38. The van der Waals surface area contributed by atoms with Gasteiger partial charge < -0.3 is 4.90 Å². The Morgan fingerprint density at radius 3 is 2.60 bits per heavy atom. The molecule has 0 aliphatic carbocycles. The lowest BCUT2D eigenvalue weighted by Gasteiger charge is -2.39. The van der Waals surface area contributed by atoms with E-state index >= 15 is 0 Å². The molecule has 1 aliphatic rings. The van der Waals surface area contributed by atoms with Crippen LogP contribution < -0.4 is 4.90 Å². The molecule has 2 aromatic heterocycles. The Labute approximate surface area is 129 Å². The minimum absolute atomic E-state index is 0.355. The number of hydrogen-bond donors (Lipinski definition) is 0. The Kier molecular flexibility index (Phi) is 3.63. The predicted octanol–water partition coefficient (Wildman–Crippen LogP) is 4.61. The third-order valence-corrected chi connectivity index (χ3v) is 5.27. The SMILES string of the molecule is CC(C)(C)C1CCN(c2nc(Cl)nc3sccc23)CC1. The van der Waals surface area contributed by atoms with Gasteiger partial charge in [-0.1, -0.05) is 20.8 Å². The predicted molar refractivity (Wildman–Crippen MR) is 86.8 cm³/mol. The highest BCUT2D eigenvalue weighted by molar-refractivity contribution is 7.16. The van der Waals surface area contributed by atoms with Gasteiger partial charge >= 0.3 is 0 Å². The summed E-state index contributed by atoms with van der Waals surface area (Å²) in [4.78, 5) is 12.1. The number of piperidine rings is 1. The van der Waals surface area contributed by atoms with Crippen molar-refractivity contribution in [1.82, 2.24) is 9.97 Å². The average molecular weight is 310 g/mol. The van der Waals surface area contributed by atoms with E-state index in [9.17, 15) is 0 Å². The van der Waals surface area contributed by atoms with Gasteiger partial charge in [0, 0.05) is 13.1 Å². The Hall–Kier alpha value is -0.870. The maximum atomic E-state index is 6.06. The number of nitrogens with zero attached hydrogens (tertiary/aromatic N) is 3. The van der Waals surface area contributed by atoms with Crippen LogP contribution in [-0.4, -0.2) is 23.1 Å². The normalized spacial score (nSPS) is 17.9. The molecule has 3 nitrogen and oxygen atoms in total. The molecule has 5 heteroatoms. The monoisotopic (exact) mass is 309 g/mol. The molecule has 2 aromatic rings. The van der Waals surface area contributed by atoms with Crippen LogP contribution in [0.15, 0.2) is 11.4 Å². The Balaban J connectivity index is 1.85. The van der Waals surface area contributed by atoms with E-state index in [2.05, 4.69) is 47.1 Å². The van der Waals surface area contributed by atoms with Crippen molar-refractivity contribution in [3.63, 3.8) is 0 Å². The van der Waals surface area contributed by atoms with Crippen molar-refractivity contribution in [2.24, 2.45) is 11.3 Å². The van der Waals surface area contributed by atoms with Crippen LogP contribution in [0.4, 0.5) is 5.82 Å². The topological polar surface area (TPSA) is 29.0 Å². The van der Waals surface area contributed by atoms with Crippen LogP contribution in [0.5, 0.6) is 0 Å². The summed E-state index contributed by atoms with van der Waals surface area (Å²) in [6.07, 6.45) is 2.44. The van der Waals surface area contributed by atoms with Crippen molar-refractivity contribution in [3.05, 3.63) is 16.7 Å². The van der Waals surface area contributed by atoms with E-state index in [-0.39, 0.29) is 0 Å². The number of rotatable bonds is 1. The molecule has 0 bridgehead atoms. The Bertz CT molecular complexity index is 609. The third kappa shape index (κ3) is 2.63. The summed E-state index contributed by atoms with van der Waals surface area (Å²) in [6.45, 7) is 9.13. The highest BCUT2D eigenvalue weighted by atomic mass is 35.5. The molecule has 0 radical (unpaired) electrons. The van der Waals surface area contributed by atoms with Crippen LogP contribution in [0, 0.1) is 11.3 Å². The molecule has 1 saturated heterocycles. The molecule has 0 spiro atoms. The quantitative estimate of drug-likeness (QED) is 0.720. The first-order valence-corrected chi connectivity index (χ1v) is 8.36. The summed E-state index contributed by atoms with van der Waals surface area (Å²) >= 11 is 7.68. The largest absolute Gasteiger partial charge is 0.356 e. The summed E-state index contributed by atoms with van der Waals surface area (Å²) in [6, 6.07) is 2.10. The molecule has 108 valence electrons. The van der Waals surface area contributed by atoms with Crippen molar-refractivity contribution >= 4 is 39.0 Å². The average Bonchev–Trinajstić information content (AvgIpc) is 2.85. The van der Waals surface area contributed by atoms with Crippen molar-refractivity contribution in [1.29, 1.82) is 0 Å². The molecular formula is C15H20ClN3S. The van der Waals surface area contributed by atoms with Crippen molar-refractivity contribution in [2.75, 3.05) is 18.0 Å². The zero-order chi connectivity index (χ0) is 14.3. The molecule has 3 rings (SSSR count). The standard InChI is InChI=1S/C15H20ClN3S/c1-15(2,3)10-4-7-19(8-5-10)12-11-6-9-20-13(11)18-14(16)17-12/h6,9-10H,4-5,7-8H2,1-3H3. The maximum Gasteiger partial charge on any atom is 0.225 e. The molecule has 0 N–H and O–H groups in total. The van der Waals surface area contributed by atoms with Gasteiger partial charge in [-0.05, 0) is 47.2 Å². The molecule has 20 heavy (non-hydrogen) atoms. The van der Waals surface area contributed by atoms with E-state index in [0.717, 1.165) is 35.0 Å². The Morgan fingerprint density at radius 1 is 1.25 bits per heavy atom. The van der Waals surface area contributed by atoms with Crippen LogP contribution in [0.25, 0.3) is 10.2 Å². The van der Waals surface area contributed by atoms with Crippen LogP contribution in [-0.2, 0) is 0 Å². The number of anilines is 1. The first-order valence-electron chi connectivity index (χ1n) is 7.11. The van der Waals surface area contributed by atoms with Crippen LogP contribution in [0.2, 0.25) is 5.28 Å². The lowest BCUT2D eigenvalue weighted by molar-refractivity contribution is 0.199. The summed E-state index contributed by atoms with van der Waals surface area (Å²) in [5.74, 6) is 1.79. The van der Waals surface area contributed by atoms with Gasteiger partial charge in [-0.3, -0.25) is 0 Å². The van der Waals surface area contributed by atoms with Crippen LogP contribution in [0.1, 0.15) is 33.6 Å². The molecule has 0 amide bonds. The molecule has 3 heterocycles. The molecule has 1 aliphatic heterocycles. The number of hydrogen-bond acceptors (Lipinski definition) is 4. The second-order valence-electron chi connectivity index (χ2n) is 6.58. The molecule has 1 fully saturated rings. The minimum Gasteiger partial charge on any atom is -0.356 e. The smallest absolute Gasteiger partial charge is 0.225 e. The highest BCUT2D eigenvalue weighted by Crippen LogP contribution is 2.37.